The van der Waals surface area contributed by atoms with Gasteiger partial charge in [-0.3, -0.25) is 4.90 Å². The summed E-state index contributed by atoms with van der Waals surface area (Å²) in [6.07, 6.45) is 5.86. The van der Waals surface area contributed by atoms with Crippen molar-refractivity contribution in [1.82, 2.24) is 4.90 Å². The zero-order valence-corrected chi connectivity index (χ0v) is 13.2. The van der Waals surface area contributed by atoms with E-state index < -0.39 is 6.09 Å². The van der Waals surface area contributed by atoms with Crippen LogP contribution < -0.4 is 5.73 Å². The predicted molar refractivity (Wildman–Crippen MR) is 86.3 cm³/mol. The van der Waals surface area contributed by atoms with Gasteiger partial charge in [0.25, 0.3) is 0 Å². The highest BCUT2D eigenvalue weighted by Gasteiger charge is 2.45. The molecule has 0 atom stereocenters. The number of primary amides is 1. The summed E-state index contributed by atoms with van der Waals surface area (Å²) in [5.74, 6) is 0.467. The molecule has 0 bridgehead atoms. The van der Waals surface area contributed by atoms with Crippen molar-refractivity contribution in [2.24, 2.45) is 11.7 Å². The van der Waals surface area contributed by atoms with E-state index in [2.05, 4.69) is 35.2 Å². The molecule has 2 fully saturated rings. The number of carbonyl (C=O) groups excluding carboxylic acids is 1. The van der Waals surface area contributed by atoms with E-state index in [0.29, 0.717) is 5.92 Å². The van der Waals surface area contributed by atoms with Crippen LogP contribution in [0.5, 0.6) is 0 Å². The van der Waals surface area contributed by atoms with Gasteiger partial charge in [0, 0.05) is 12.5 Å². The molecule has 120 valence electrons. The van der Waals surface area contributed by atoms with Crippen LogP contribution in [-0.4, -0.2) is 29.7 Å². The number of ether oxygens (including phenoxy) is 1. The summed E-state index contributed by atoms with van der Waals surface area (Å²) >= 11 is 0. The van der Waals surface area contributed by atoms with Crippen LogP contribution in [0.2, 0.25) is 0 Å². The van der Waals surface area contributed by atoms with Gasteiger partial charge in [0.05, 0.1) is 0 Å². The molecule has 0 spiro atoms. The van der Waals surface area contributed by atoms with Crippen molar-refractivity contribution in [1.29, 1.82) is 0 Å². The van der Waals surface area contributed by atoms with Crippen molar-refractivity contribution in [2.45, 2.75) is 50.7 Å². The second kappa shape index (κ2) is 6.69. The lowest BCUT2D eigenvalue weighted by Gasteiger charge is -2.41. The minimum Gasteiger partial charge on any atom is -0.443 e. The van der Waals surface area contributed by atoms with E-state index in [9.17, 15) is 4.79 Å². The van der Waals surface area contributed by atoms with Crippen molar-refractivity contribution in [3.8, 4) is 0 Å². The van der Waals surface area contributed by atoms with Crippen LogP contribution in [0.3, 0.4) is 0 Å². The summed E-state index contributed by atoms with van der Waals surface area (Å²) in [7, 11) is 0. The molecule has 1 heterocycles. The highest BCUT2D eigenvalue weighted by molar-refractivity contribution is 5.65. The number of nitrogens with two attached hydrogens (primary N) is 1. The summed E-state index contributed by atoms with van der Waals surface area (Å²) in [6, 6.07) is 10.6. The van der Waals surface area contributed by atoms with E-state index in [1.165, 1.54) is 5.56 Å². The first kappa shape index (κ1) is 15.3. The van der Waals surface area contributed by atoms with E-state index in [1.807, 2.05) is 0 Å². The number of hydrogen-bond donors (Lipinski definition) is 1. The fourth-order valence-electron chi connectivity index (χ4n) is 4.23. The Kier molecular flexibility index (Phi) is 4.67. The van der Waals surface area contributed by atoms with Gasteiger partial charge in [-0.1, -0.05) is 30.3 Å². The van der Waals surface area contributed by atoms with Crippen LogP contribution >= 0.6 is 0 Å². The van der Waals surface area contributed by atoms with Gasteiger partial charge in [0.15, 0.2) is 0 Å². The Morgan fingerprint density at radius 1 is 1.18 bits per heavy atom. The molecule has 22 heavy (non-hydrogen) atoms. The van der Waals surface area contributed by atoms with Crippen LogP contribution in [0.1, 0.15) is 44.1 Å². The van der Waals surface area contributed by atoms with E-state index in [1.54, 1.807) is 0 Å². The smallest absolute Gasteiger partial charge is 0.405 e. The van der Waals surface area contributed by atoms with Crippen molar-refractivity contribution in [3.05, 3.63) is 35.9 Å². The molecule has 2 N–H and O–H groups in total. The lowest BCUT2D eigenvalue weighted by molar-refractivity contribution is -0.0470. The first-order valence-electron chi connectivity index (χ1n) is 8.43. The van der Waals surface area contributed by atoms with Crippen LogP contribution in [0, 0.1) is 5.92 Å². The Balaban J connectivity index is 1.57. The number of piperidine rings is 1. The summed E-state index contributed by atoms with van der Waals surface area (Å²) in [5.41, 5.74) is 6.41. The van der Waals surface area contributed by atoms with Gasteiger partial charge < -0.3 is 10.5 Å². The lowest BCUT2D eigenvalue weighted by Crippen LogP contribution is -2.47. The normalized spacial score (nSPS) is 22.5. The predicted octanol–water partition coefficient (Wildman–Crippen LogP) is 3.31. The number of nitrogens with zero attached hydrogens (tertiary/aromatic N) is 1. The highest BCUT2D eigenvalue weighted by atomic mass is 16.6. The van der Waals surface area contributed by atoms with E-state index >= 15 is 0 Å². The number of hydrogen-bond acceptors (Lipinski definition) is 3. The fraction of sp³-hybridized carbons (Fsp3) is 0.611. The molecule has 3 rings (SSSR count). The number of carbonyl (C=O) groups is 1. The topological polar surface area (TPSA) is 55.6 Å². The molecule has 1 aromatic carbocycles. The average molecular weight is 302 g/mol. The van der Waals surface area contributed by atoms with Crippen molar-refractivity contribution < 1.29 is 9.53 Å². The maximum Gasteiger partial charge on any atom is 0.405 e. The first-order chi connectivity index (χ1) is 10.7. The molecule has 1 saturated heterocycles. The third kappa shape index (κ3) is 3.43. The zero-order valence-electron chi connectivity index (χ0n) is 13.2. The molecule has 4 heteroatoms. The molecule has 2 aliphatic rings. The molecular formula is C18H26N2O2. The van der Waals surface area contributed by atoms with Crippen molar-refractivity contribution >= 4 is 6.09 Å². The summed E-state index contributed by atoms with van der Waals surface area (Å²) < 4.78 is 5.61. The van der Waals surface area contributed by atoms with Gasteiger partial charge in [-0.25, -0.2) is 4.79 Å². The Labute approximate surface area is 132 Å². The van der Waals surface area contributed by atoms with Crippen LogP contribution in [0.25, 0.3) is 0 Å². The van der Waals surface area contributed by atoms with Gasteiger partial charge >= 0.3 is 6.09 Å². The lowest BCUT2D eigenvalue weighted by atomic mass is 9.79. The molecule has 1 amide bonds. The Bertz CT molecular complexity index is 489. The van der Waals surface area contributed by atoms with Gasteiger partial charge in [0.2, 0.25) is 0 Å². The number of likely N-dealkylation sites (tertiary alicyclic amines) is 1. The standard InChI is InChI=1S/C18H26N2O2/c19-17(21)22-18(10-4-5-11-18)16-8-12-20(13-9-16)14-15-6-2-1-3-7-15/h1-3,6-7,16H,4-5,8-14H2,(H2,19,21). The number of amides is 1. The summed E-state index contributed by atoms with van der Waals surface area (Å²) in [6.45, 7) is 3.16. The second-order valence-corrected chi connectivity index (χ2v) is 6.73. The molecule has 1 aromatic rings. The number of rotatable bonds is 4. The van der Waals surface area contributed by atoms with Gasteiger partial charge in [-0.05, 0) is 57.2 Å². The zero-order chi connectivity index (χ0) is 15.4. The average Bonchev–Trinajstić information content (AvgIpc) is 2.98. The van der Waals surface area contributed by atoms with Crippen LogP contribution in [0.15, 0.2) is 30.3 Å². The SMILES string of the molecule is NC(=O)OC1(C2CCN(Cc3ccccc3)CC2)CCCC1. The molecule has 1 aliphatic carbocycles. The Morgan fingerprint density at radius 2 is 1.82 bits per heavy atom. The van der Waals surface area contributed by atoms with Crippen LogP contribution in [-0.2, 0) is 11.3 Å². The first-order valence-corrected chi connectivity index (χ1v) is 8.43. The van der Waals surface area contributed by atoms with E-state index in [0.717, 1.165) is 58.2 Å². The largest absolute Gasteiger partial charge is 0.443 e. The highest BCUT2D eigenvalue weighted by Crippen LogP contribution is 2.43. The fourth-order valence-corrected chi connectivity index (χ4v) is 4.23. The molecular weight excluding hydrogens is 276 g/mol. The van der Waals surface area contributed by atoms with Gasteiger partial charge in [0.1, 0.15) is 5.60 Å². The van der Waals surface area contributed by atoms with Crippen LogP contribution in [0.4, 0.5) is 4.79 Å². The Morgan fingerprint density at radius 3 is 2.41 bits per heavy atom. The Hall–Kier alpha value is -1.55. The molecule has 0 radical (unpaired) electrons. The third-order valence-corrected chi connectivity index (χ3v) is 5.33. The molecule has 0 aromatic heterocycles. The van der Waals surface area contributed by atoms with E-state index in [-0.39, 0.29) is 5.60 Å². The van der Waals surface area contributed by atoms with Gasteiger partial charge in [-0.2, -0.15) is 0 Å². The van der Waals surface area contributed by atoms with Gasteiger partial charge in [-0.15, -0.1) is 0 Å². The summed E-state index contributed by atoms with van der Waals surface area (Å²) in [5, 5.41) is 0. The monoisotopic (exact) mass is 302 g/mol. The number of benzene rings is 1. The molecule has 0 unspecified atom stereocenters. The van der Waals surface area contributed by atoms with Crippen molar-refractivity contribution in [3.63, 3.8) is 0 Å². The minimum atomic E-state index is -0.603. The summed E-state index contributed by atoms with van der Waals surface area (Å²) in [4.78, 5) is 13.8. The molecule has 1 aliphatic heterocycles. The quantitative estimate of drug-likeness (QED) is 0.928. The maximum absolute atomic E-state index is 11.3. The maximum atomic E-state index is 11.3. The second-order valence-electron chi connectivity index (χ2n) is 6.73. The van der Waals surface area contributed by atoms with Crippen molar-refractivity contribution in [2.75, 3.05) is 13.1 Å². The van der Waals surface area contributed by atoms with E-state index in [4.69, 9.17) is 10.5 Å². The third-order valence-electron chi connectivity index (χ3n) is 5.33. The minimum absolute atomic E-state index is 0.273. The molecule has 1 saturated carbocycles. The molecule has 4 nitrogen and oxygen atoms in total.